The highest BCUT2D eigenvalue weighted by Gasteiger charge is 2.05. The van der Waals surface area contributed by atoms with Crippen LogP contribution in [0.2, 0.25) is 0 Å². The van der Waals surface area contributed by atoms with E-state index in [0.29, 0.717) is 4.88 Å². The van der Waals surface area contributed by atoms with Crippen molar-refractivity contribution in [2.24, 2.45) is 0 Å². The number of rotatable bonds is 2. The van der Waals surface area contributed by atoms with Crippen LogP contribution in [0.25, 0.3) is 6.08 Å². The van der Waals surface area contributed by atoms with E-state index < -0.39 is 10.8 Å². The van der Waals surface area contributed by atoms with Crippen LogP contribution < -0.4 is 0 Å². The fourth-order valence-electron chi connectivity index (χ4n) is 0.553. The largest absolute Gasteiger partial charge is 0.456 e. The Balaban J connectivity index is 2.82. The summed E-state index contributed by atoms with van der Waals surface area (Å²) < 4.78 is 0. The summed E-state index contributed by atoms with van der Waals surface area (Å²) in [5, 5.41) is 20.4. The number of hydrogen-bond donors (Lipinski definition) is 1. The molecule has 0 aliphatic rings. The fraction of sp³-hybridized carbons (Fsp3) is 0. The standard InChI is InChI=1S/C6H5NO3S/c8-6(7(9)10)4-5-2-1-3-11-5/h1-4,8H. The molecule has 0 unspecified atom stereocenters. The van der Waals surface area contributed by atoms with Crippen molar-refractivity contribution >= 4 is 17.4 Å². The first-order chi connectivity index (χ1) is 5.20. The van der Waals surface area contributed by atoms with Gasteiger partial charge in [0.05, 0.1) is 6.08 Å². The third-order valence-corrected chi connectivity index (χ3v) is 1.82. The Morgan fingerprint density at radius 2 is 2.55 bits per heavy atom. The van der Waals surface area contributed by atoms with Gasteiger partial charge in [-0.15, -0.1) is 11.3 Å². The highest BCUT2D eigenvalue weighted by atomic mass is 32.1. The van der Waals surface area contributed by atoms with Gasteiger partial charge in [-0.2, -0.15) is 0 Å². The lowest BCUT2D eigenvalue weighted by Crippen LogP contribution is -1.95. The van der Waals surface area contributed by atoms with Gasteiger partial charge in [-0.3, -0.25) is 10.1 Å². The zero-order chi connectivity index (χ0) is 8.27. The maximum absolute atomic E-state index is 9.92. The van der Waals surface area contributed by atoms with Gasteiger partial charge in [0.1, 0.15) is 4.92 Å². The minimum Gasteiger partial charge on any atom is -0.456 e. The smallest absolute Gasteiger partial charge is 0.427 e. The molecule has 4 nitrogen and oxygen atoms in total. The molecule has 0 bridgehead atoms. The maximum Gasteiger partial charge on any atom is 0.427 e. The van der Waals surface area contributed by atoms with Gasteiger partial charge in [0.25, 0.3) is 0 Å². The molecule has 1 aromatic rings. The molecule has 0 saturated carbocycles. The van der Waals surface area contributed by atoms with E-state index in [-0.39, 0.29) is 0 Å². The lowest BCUT2D eigenvalue weighted by atomic mass is 10.4. The predicted molar refractivity (Wildman–Crippen MR) is 41.9 cm³/mol. The zero-order valence-corrected chi connectivity index (χ0v) is 6.25. The van der Waals surface area contributed by atoms with Crippen LogP contribution in [0, 0.1) is 10.1 Å². The number of aliphatic hydroxyl groups excluding tert-OH is 1. The normalized spacial score (nSPS) is 11.5. The van der Waals surface area contributed by atoms with Gasteiger partial charge in [0, 0.05) is 4.88 Å². The third kappa shape index (κ3) is 2.05. The maximum atomic E-state index is 9.92. The van der Waals surface area contributed by atoms with Gasteiger partial charge >= 0.3 is 5.88 Å². The van der Waals surface area contributed by atoms with E-state index in [0.717, 1.165) is 6.08 Å². The van der Waals surface area contributed by atoms with Crippen molar-refractivity contribution in [3.63, 3.8) is 0 Å². The van der Waals surface area contributed by atoms with Gasteiger partial charge in [0.15, 0.2) is 0 Å². The molecule has 0 aliphatic carbocycles. The van der Waals surface area contributed by atoms with E-state index >= 15 is 0 Å². The number of nitro groups is 1. The van der Waals surface area contributed by atoms with Crippen LogP contribution in [0.4, 0.5) is 0 Å². The minimum absolute atomic E-state index is 0.666. The van der Waals surface area contributed by atoms with Gasteiger partial charge in [-0.1, -0.05) is 6.07 Å². The van der Waals surface area contributed by atoms with E-state index in [1.807, 2.05) is 0 Å². The van der Waals surface area contributed by atoms with Crippen molar-refractivity contribution in [3.05, 3.63) is 38.4 Å². The fourth-order valence-corrected chi connectivity index (χ4v) is 1.20. The van der Waals surface area contributed by atoms with Crippen LogP contribution in [-0.2, 0) is 0 Å². The molecule has 0 spiro atoms. The molecule has 0 atom stereocenters. The van der Waals surface area contributed by atoms with Crippen molar-refractivity contribution in [1.82, 2.24) is 0 Å². The predicted octanol–water partition coefficient (Wildman–Crippen LogP) is 1.88. The van der Waals surface area contributed by atoms with Crippen LogP contribution in [0.15, 0.2) is 23.4 Å². The second kappa shape index (κ2) is 3.16. The second-order valence-corrected chi connectivity index (χ2v) is 2.75. The van der Waals surface area contributed by atoms with Crippen molar-refractivity contribution in [2.75, 3.05) is 0 Å². The Bertz CT molecular complexity index is 278. The van der Waals surface area contributed by atoms with Gasteiger partial charge in [0.2, 0.25) is 0 Å². The zero-order valence-electron chi connectivity index (χ0n) is 5.43. The van der Waals surface area contributed by atoms with E-state index in [9.17, 15) is 10.1 Å². The molecule has 1 N–H and O–H groups in total. The van der Waals surface area contributed by atoms with Crippen molar-refractivity contribution in [1.29, 1.82) is 0 Å². The van der Waals surface area contributed by atoms with Crippen molar-refractivity contribution in [3.8, 4) is 0 Å². The molecule has 0 aliphatic heterocycles. The average molecular weight is 171 g/mol. The Labute approximate surface area is 66.6 Å². The summed E-state index contributed by atoms with van der Waals surface area (Å²) in [6.07, 6.45) is 1.12. The average Bonchev–Trinajstić information content (AvgIpc) is 2.39. The molecular weight excluding hydrogens is 166 g/mol. The molecule has 1 aromatic heterocycles. The number of nitrogens with zero attached hydrogens (tertiary/aromatic N) is 1. The lowest BCUT2D eigenvalue weighted by molar-refractivity contribution is -0.456. The topological polar surface area (TPSA) is 63.4 Å². The monoisotopic (exact) mass is 171 g/mol. The third-order valence-electron chi connectivity index (χ3n) is 1.00. The Morgan fingerprint density at radius 1 is 1.82 bits per heavy atom. The van der Waals surface area contributed by atoms with Crippen LogP contribution in [0.3, 0.4) is 0 Å². The SMILES string of the molecule is O=[N+]([O-])C(O)=Cc1cccs1. The molecule has 58 valence electrons. The number of hydrogen-bond acceptors (Lipinski definition) is 4. The number of thiophene rings is 1. The summed E-state index contributed by atoms with van der Waals surface area (Å²) in [7, 11) is 0. The molecule has 0 saturated heterocycles. The highest BCUT2D eigenvalue weighted by molar-refractivity contribution is 7.10. The van der Waals surface area contributed by atoms with E-state index in [2.05, 4.69) is 0 Å². The van der Waals surface area contributed by atoms with Gasteiger partial charge in [-0.25, -0.2) is 0 Å². The summed E-state index contributed by atoms with van der Waals surface area (Å²) in [5.41, 5.74) is 0. The summed E-state index contributed by atoms with van der Waals surface area (Å²) in [5.74, 6) is -0.826. The molecule has 0 amide bonds. The van der Waals surface area contributed by atoms with Crippen LogP contribution in [-0.4, -0.2) is 10.0 Å². The first kappa shape index (κ1) is 7.74. The van der Waals surface area contributed by atoms with Gasteiger partial charge in [-0.05, 0) is 11.4 Å². The molecule has 5 heteroatoms. The van der Waals surface area contributed by atoms with Crippen LogP contribution in [0.1, 0.15) is 4.88 Å². The summed E-state index contributed by atoms with van der Waals surface area (Å²) >= 11 is 1.33. The second-order valence-electron chi connectivity index (χ2n) is 1.78. The Kier molecular flexibility index (Phi) is 2.22. The van der Waals surface area contributed by atoms with E-state index in [1.165, 1.54) is 11.3 Å². The first-order valence-corrected chi connectivity index (χ1v) is 3.66. The molecule has 0 aromatic carbocycles. The Hall–Kier alpha value is -1.36. The van der Waals surface area contributed by atoms with Crippen molar-refractivity contribution < 1.29 is 10.0 Å². The van der Waals surface area contributed by atoms with Crippen molar-refractivity contribution in [2.45, 2.75) is 0 Å². The molecular formula is C6H5NO3S. The van der Waals surface area contributed by atoms with E-state index in [1.54, 1.807) is 17.5 Å². The quantitative estimate of drug-likeness (QED) is 0.419. The van der Waals surface area contributed by atoms with Gasteiger partial charge < -0.3 is 5.11 Å². The molecule has 1 rings (SSSR count). The molecule has 0 fully saturated rings. The summed E-state index contributed by atoms with van der Waals surface area (Å²) in [6, 6.07) is 3.44. The Morgan fingerprint density at radius 3 is 3.00 bits per heavy atom. The highest BCUT2D eigenvalue weighted by Crippen LogP contribution is 2.11. The summed E-state index contributed by atoms with van der Waals surface area (Å²) in [4.78, 5) is 9.75. The van der Waals surface area contributed by atoms with E-state index in [4.69, 9.17) is 5.11 Å². The molecule has 0 radical (unpaired) electrons. The molecule has 11 heavy (non-hydrogen) atoms. The lowest BCUT2D eigenvalue weighted by Gasteiger charge is -1.84. The molecule has 1 heterocycles. The first-order valence-electron chi connectivity index (χ1n) is 2.78. The van der Waals surface area contributed by atoms with Crippen LogP contribution in [0.5, 0.6) is 0 Å². The summed E-state index contributed by atoms with van der Waals surface area (Å²) in [6.45, 7) is 0. The minimum atomic E-state index is -0.834. The number of aliphatic hydroxyl groups is 1. The van der Waals surface area contributed by atoms with Crippen LogP contribution >= 0.6 is 11.3 Å².